The molecule has 1 N–H and O–H groups in total. The second-order valence-electron chi connectivity index (χ2n) is 7.19. The normalized spacial score (nSPS) is 13.5. The largest absolute Gasteiger partial charge is 0.495 e. The number of rotatable bonds is 6. The number of anilines is 1. The Morgan fingerprint density at radius 2 is 1.87 bits per heavy atom. The van der Waals surface area contributed by atoms with Crippen LogP contribution < -0.4 is 10.1 Å². The summed E-state index contributed by atoms with van der Waals surface area (Å²) in [6.07, 6.45) is 0.312. The lowest BCUT2D eigenvalue weighted by atomic mass is 10.1. The number of hydrogen-bond donors (Lipinski definition) is 1. The van der Waals surface area contributed by atoms with Gasteiger partial charge in [-0.3, -0.25) is 14.4 Å². The highest BCUT2D eigenvalue weighted by Crippen LogP contribution is 2.26. The van der Waals surface area contributed by atoms with Crippen molar-refractivity contribution in [2.24, 2.45) is 5.10 Å². The average Bonchev–Trinajstić information content (AvgIpc) is 2.76. The van der Waals surface area contributed by atoms with Crippen molar-refractivity contribution in [1.82, 2.24) is 9.91 Å². The third-order valence-corrected chi connectivity index (χ3v) is 4.71. The molecule has 3 amide bonds. The van der Waals surface area contributed by atoms with Gasteiger partial charge in [-0.05, 0) is 35.9 Å². The number of carbonyl (C=O) groups is 3. The van der Waals surface area contributed by atoms with E-state index >= 15 is 0 Å². The first-order chi connectivity index (χ1) is 14.8. The van der Waals surface area contributed by atoms with Crippen LogP contribution in [0.4, 0.5) is 10.1 Å². The van der Waals surface area contributed by atoms with Crippen LogP contribution in [0.25, 0.3) is 0 Å². The molecule has 162 valence electrons. The number of halogens is 1. The van der Waals surface area contributed by atoms with Crippen LogP contribution in [0.15, 0.2) is 47.6 Å². The predicted octanol–water partition coefficient (Wildman–Crippen LogP) is 2.65. The maximum absolute atomic E-state index is 13.1. The Bertz CT molecular complexity index is 1030. The maximum Gasteiger partial charge on any atom is 0.271 e. The third-order valence-electron chi connectivity index (χ3n) is 4.71. The Labute approximate surface area is 179 Å². The van der Waals surface area contributed by atoms with Crippen LogP contribution in [0.2, 0.25) is 0 Å². The van der Waals surface area contributed by atoms with E-state index in [4.69, 9.17) is 4.74 Å². The van der Waals surface area contributed by atoms with Gasteiger partial charge in [0.05, 0.1) is 19.3 Å². The lowest BCUT2D eigenvalue weighted by Crippen LogP contribution is -2.36. The van der Waals surface area contributed by atoms with Crippen molar-refractivity contribution >= 4 is 29.1 Å². The Morgan fingerprint density at radius 1 is 1.16 bits per heavy atom. The summed E-state index contributed by atoms with van der Waals surface area (Å²) in [6, 6.07) is 10.5. The highest BCUT2D eigenvalue weighted by molar-refractivity contribution is 6.43. The molecule has 2 aromatic rings. The minimum atomic E-state index is -0.496. The van der Waals surface area contributed by atoms with E-state index in [0.717, 1.165) is 0 Å². The molecule has 0 fully saturated rings. The monoisotopic (exact) mass is 426 g/mol. The van der Waals surface area contributed by atoms with Gasteiger partial charge in [-0.2, -0.15) is 5.10 Å². The zero-order chi connectivity index (χ0) is 22.5. The molecular formula is C22H23FN4O4. The number of nitrogens with zero attached hydrogens (tertiary/aromatic N) is 3. The summed E-state index contributed by atoms with van der Waals surface area (Å²) in [5, 5.41) is 8.12. The second-order valence-corrected chi connectivity index (χ2v) is 7.19. The first-order valence-electron chi connectivity index (χ1n) is 9.62. The summed E-state index contributed by atoms with van der Waals surface area (Å²) < 4.78 is 18.4. The van der Waals surface area contributed by atoms with Crippen molar-refractivity contribution < 1.29 is 23.5 Å². The number of benzene rings is 2. The summed E-state index contributed by atoms with van der Waals surface area (Å²) in [5.74, 6) is -0.925. The van der Waals surface area contributed by atoms with E-state index < -0.39 is 5.91 Å². The van der Waals surface area contributed by atoms with Gasteiger partial charge in [-0.1, -0.05) is 12.1 Å². The molecule has 0 atom stereocenters. The molecule has 2 aromatic carbocycles. The maximum atomic E-state index is 13.1. The average molecular weight is 426 g/mol. The standard InChI is InChI=1S/C22H23FN4O4/c1-26(2)22(30)15-6-10-19(31-3)18(12-15)24-21(29)17-9-11-20(28)27(25-17)13-14-4-7-16(23)8-5-14/h4-8,10,12H,9,11,13H2,1-3H3,(H,24,29). The van der Waals surface area contributed by atoms with Gasteiger partial charge in [0, 0.05) is 32.5 Å². The molecule has 8 nitrogen and oxygen atoms in total. The van der Waals surface area contributed by atoms with E-state index in [1.165, 1.54) is 35.2 Å². The summed E-state index contributed by atoms with van der Waals surface area (Å²) >= 11 is 0. The number of ether oxygens (including phenoxy) is 1. The molecule has 1 aliphatic heterocycles. The predicted molar refractivity (Wildman–Crippen MR) is 113 cm³/mol. The van der Waals surface area contributed by atoms with Gasteiger partial charge in [0.25, 0.3) is 11.8 Å². The number of carbonyl (C=O) groups excluding carboxylic acids is 3. The molecule has 0 saturated carbocycles. The Balaban J connectivity index is 1.80. The quantitative estimate of drug-likeness (QED) is 0.769. The smallest absolute Gasteiger partial charge is 0.271 e. The van der Waals surface area contributed by atoms with Gasteiger partial charge in [0.15, 0.2) is 0 Å². The molecular weight excluding hydrogens is 403 g/mol. The van der Waals surface area contributed by atoms with E-state index in [-0.39, 0.29) is 42.7 Å². The third kappa shape index (κ3) is 5.25. The fourth-order valence-electron chi connectivity index (χ4n) is 3.04. The molecule has 0 saturated heterocycles. The number of hydrogen-bond acceptors (Lipinski definition) is 5. The van der Waals surface area contributed by atoms with Crippen LogP contribution in [0.1, 0.15) is 28.8 Å². The van der Waals surface area contributed by atoms with Crippen molar-refractivity contribution in [3.05, 3.63) is 59.4 Å². The Kier molecular flexibility index (Phi) is 6.64. The lowest BCUT2D eigenvalue weighted by Gasteiger charge is -2.23. The zero-order valence-electron chi connectivity index (χ0n) is 17.5. The highest BCUT2D eigenvalue weighted by atomic mass is 19.1. The summed E-state index contributed by atoms with van der Waals surface area (Å²) in [4.78, 5) is 38.7. The number of hydrazone groups is 1. The molecule has 0 aromatic heterocycles. The minimum absolute atomic E-state index is 0.129. The molecule has 0 radical (unpaired) electrons. The molecule has 0 aliphatic carbocycles. The Hall–Kier alpha value is -3.75. The van der Waals surface area contributed by atoms with E-state index in [0.29, 0.717) is 22.6 Å². The van der Waals surface area contributed by atoms with Crippen molar-refractivity contribution in [3.63, 3.8) is 0 Å². The van der Waals surface area contributed by atoms with Gasteiger partial charge >= 0.3 is 0 Å². The van der Waals surface area contributed by atoms with E-state index in [9.17, 15) is 18.8 Å². The van der Waals surface area contributed by atoms with Crippen LogP contribution in [0.5, 0.6) is 5.75 Å². The molecule has 1 heterocycles. The zero-order valence-corrected chi connectivity index (χ0v) is 17.5. The summed E-state index contributed by atoms with van der Waals surface area (Å²) in [5.41, 5.74) is 1.58. The van der Waals surface area contributed by atoms with Gasteiger partial charge in [-0.15, -0.1) is 0 Å². The van der Waals surface area contributed by atoms with Crippen molar-refractivity contribution in [1.29, 1.82) is 0 Å². The van der Waals surface area contributed by atoms with Gasteiger partial charge in [0.2, 0.25) is 5.91 Å². The molecule has 31 heavy (non-hydrogen) atoms. The van der Waals surface area contributed by atoms with Crippen LogP contribution in [-0.4, -0.2) is 54.5 Å². The van der Waals surface area contributed by atoms with E-state index in [1.54, 1.807) is 38.4 Å². The van der Waals surface area contributed by atoms with Gasteiger partial charge < -0.3 is 15.0 Å². The molecule has 0 bridgehead atoms. The summed E-state index contributed by atoms with van der Waals surface area (Å²) in [6.45, 7) is 0.131. The van der Waals surface area contributed by atoms with Crippen molar-refractivity contribution in [3.8, 4) is 5.75 Å². The molecule has 9 heteroatoms. The molecule has 0 spiro atoms. The first kappa shape index (κ1) is 21.9. The second kappa shape index (κ2) is 9.38. The fourth-order valence-corrected chi connectivity index (χ4v) is 3.04. The van der Waals surface area contributed by atoms with Crippen LogP contribution in [0.3, 0.4) is 0 Å². The van der Waals surface area contributed by atoms with E-state index in [1.807, 2.05) is 0 Å². The highest BCUT2D eigenvalue weighted by Gasteiger charge is 2.25. The van der Waals surface area contributed by atoms with Gasteiger partial charge in [0.1, 0.15) is 17.3 Å². The first-order valence-corrected chi connectivity index (χ1v) is 9.62. The number of nitrogens with one attached hydrogen (secondary N) is 1. The fraction of sp³-hybridized carbons (Fsp3) is 0.273. The lowest BCUT2D eigenvalue weighted by molar-refractivity contribution is -0.132. The van der Waals surface area contributed by atoms with Crippen molar-refractivity contribution in [2.45, 2.75) is 19.4 Å². The molecule has 1 aliphatic rings. The summed E-state index contributed by atoms with van der Waals surface area (Å²) in [7, 11) is 4.72. The van der Waals surface area contributed by atoms with Crippen LogP contribution >= 0.6 is 0 Å². The number of methoxy groups -OCH3 is 1. The molecule has 3 rings (SSSR count). The topological polar surface area (TPSA) is 91.3 Å². The van der Waals surface area contributed by atoms with Crippen molar-refractivity contribution in [2.75, 3.05) is 26.5 Å². The minimum Gasteiger partial charge on any atom is -0.495 e. The van der Waals surface area contributed by atoms with Crippen LogP contribution in [-0.2, 0) is 16.1 Å². The van der Waals surface area contributed by atoms with Crippen LogP contribution in [0, 0.1) is 5.82 Å². The Morgan fingerprint density at radius 3 is 2.52 bits per heavy atom. The van der Waals surface area contributed by atoms with Gasteiger partial charge in [-0.25, -0.2) is 9.40 Å². The number of amides is 3. The SMILES string of the molecule is COc1ccc(C(=O)N(C)C)cc1NC(=O)C1=NN(Cc2ccc(F)cc2)C(=O)CC1. The van der Waals surface area contributed by atoms with E-state index in [2.05, 4.69) is 10.4 Å². The molecule has 0 unspecified atom stereocenters.